The summed E-state index contributed by atoms with van der Waals surface area (Å²) in [6.45, 7) is 0. The fourth-order valence-electron chi connectivity index (χ4n) is 3.02. The third kappa shape index (κ3) is 3.99. The van der Waals surface area contributed by atoms with E-state index >= 15 is 0 Å². The Morgan fingerprint density at radius 2 is 1.50 bits per heavy atom. The highest BCUT2D eigenvalue weighted by Gasteiger charge is 2.31. The van der Waals surface area contributed by atoms with Crippen LogP contribution in [0, 0.1) is 0 Å². The molecule has 9 heteroatoms. The first-order valence-corrected chi connectivity index (χ1v) is 8.98. The second-order valence-electron chi connectivity index (χ2n) is 6.32. The average molecular weight is 436 g/mol. The van der Waals surface area contributed by atoms with Gasteiger partial charge in [-0.15, -0.1) is 13.2 Å². The Kier molecular flexibility index (Phi) is 4.95. The Bertz CT molecular complexity index is 1300. The van der Waals surface area contributed by atoms with E-state index in [1.54, 1.807) is 30.3 Å². The maximum absolute atomic E-state index is 12.8. The molecule has 0 bridgehead atoms. The number of benzene rings is 3. The van der Waals surface area contributed by atoms with Crippen molar-refractivity contribution in [3.8, 4) is 23.0 Å². The van der Waals surface area contributed by atoms with Crippen LogP contribution in [0.15, 0.2) is 59.4 Å². The lowest BCUT2D eigenvalue weighted by atomic mass is 10.1. The molecule has 5 nitrogen and oxygen atoms in total. The highest BCUT2D eigenvalue weighted by molar-refractivity contribution is 6.32. The molecule has 0 aliphatic heterocycles. The summed E-state index contributed by atoms with van der Waals surface area (Å²) in [4.78, 5) is 16.0. The number of halogens is 4. The van der Waals surface area contributed by atoms with Crippen LogP contribution < -0.4 is 19.6 Å². The molecule has 1 heterocycles. The van der Waals surface area contributed by atoms with Gasteiger partial charge in [-0.2, -0.15) is 0 Å². The van der Waals surface area contributed by atoms with Crippen molar-refractivity contribution in [3.63, 3.8) is 0 Å². The summed E-state index contributed by atoms with van der Waals surface area (Å²) in [5.74, 6) is 0.741. The van der Waals surface area contributed by atoms with Crippen LogP contribution in [-0.2, 0) is 0 Å². The molecule has 30 heavy (non-hydrogen) atoms. The van der Waals surface area contributed by atoms with Crippen molar-refractivity contribution in [2.24, 2.45) is 0 Å². The van der Waals surface area contributed by atoms with E-state index in [9.17, 15) is 18.0 Å². The molecule has 4 aromatic rings. The van der Waals surface area contributed by atoms with Gasteiger partial charge in [-0.3, -0.25) is 4.79 Å². The van der Waals surface area contributed by atoms with Crippen LogP contribution in [0.25, 0.3) is 21.8 Å². The molecule has 0 aliphatic rings. The molecule has 154 valence electrons. The van der Waals surface area contributed by atoms with Crippen molar-refractivity contribution in [1.29, 1.82) is 0 Å². The number of aromatic amines is 1. The molecular weight excluding hydrogens is 423 g/mol. The number of alkyl halides is 3. The zero-order chi connectivity index (χ0) is 21.5. The summed E-state index contributed by atoms with van der Waals surface area (Å²) in [5, 5.41) is 1.22. The Morgan fingerprint density at radius 1 is 0.867 bits per heavy atom. The lowest BCUT2D eigenvalue weighted by molar-refractivity contribution is -0.274. The van der Waals surface area contributed by atoms with Crippen LogP contribution in [0.3, 0.4) is 0 Å². The first kappa shape index (κ1) is 19.9. The van der Waals surface area contributed by atoms with E-state index in [0.717, 1.165) is 12.1 Å². The summed E-state index contributed by atoms with van der Waals surface area (Å²) in [5.41, 5.74) is 0.848. The number of methoxy groups -OCH3 is 1. The molecule has 0 fully saturated rings. The third-order valence-electron chi connectivity index (χ3n) is 4.33. The van der Waals surface area contributed by atoms with Crippen molar-refractivity contribution >= 4 is 33.4 Å². The fraction of sp³-hybridized carbons (Fsp3) is 0.0952. The molecule has 0 saturated carbocycles. The third-order valence-corrected chi connectivity index (χ3v) is 4.63. The molecule has 1 N–H and O–H groups in total. The van der Waals surface area contributed by atoms with Crippen LogP contribution in [0.2, 0.25) is 5.02 Å². The summed E-state index contributed by atoms with van der Waals surface area (Å²) < 4.78 is 51.4. The zero-order valence-electron chi connectivity index (χ0n) is 15.3. The highest BCUT2D eigenvalue weighted by atomic mass is 35.5. The number of rotatable bonds is 4. The van der Waals surface area contributed by atoms with Crippen molar-refractivity contribution < 1.29 is 27.4 Å². The van der Waals surface area contributed by atoms with Gasteiger partial charge in [0, 0.05) is 16.8 Å². The van der Waals surface area contributed by atoms with Crippen LogP contribution in [0.1, 0.15) is 0 Å². The maximum atomic E-state index is 12.8. The van der Waals surface area contributed by atoms with Crippen molar-refractivity contribution in [2.75, 3.05) is 7.11 Å². The first-order valence-electron chi connectivity index (χ1n) is 8.60. The summed E-state index contributed by atoms with van der Waals surface area (Å²) in [6.07, 6.45) is -4.76. The van der Waals surface area contributed by atoms with Crippen LogP contribution in [0.5, 0.6) is 23.0 Å². The van der Waals surface area contributed by atoms with E-state index in [4.69, 9.17) is 21.1 Å². The predicted molar refractivity (Wildman–Crippen MR) is 107 cm³/mol. The molecule has 1 aromatic heterocycles. The van der Waals surface area contributed by atoms with Gasteiger partial charge in [-0.05, 0) is 48.5 Å². The SMILES string of the molecule is COc1cc2c(=O)c3ccc(Oc4ccc(OC(F)(F)F)cc4)cc3[nH]c2cc1Cl. The average Bonchev–Trinajstić information content (AvgIpc) is 2.68. The number of H-pyrrole nitrogens is 1. The number of ether oxygens (including phenoxy) is 3. The lowest BCUT2D eigenvalue weighted by Crippen LogP contribution is -2.16. The highest BCUT2D eigenvalue weighted by Crippen LogP contribution is 2.31. The van der Waals surface area contributed by atoms with Gasteiger partial charge in [0.15, 0.2) is 5.43 Å². The number of fused-ring (bicyclic) bond motifs is 2. The predicted octanol–water partition coefficient (Wildman–Crippen LogP) is 6.03. The van der Waals surface area contributed by atoms with Crippen LogP contribution in [0.4, 0.5) is 13.2 Å². The second kappa shape index (κ2) is 7.46. The monoisotopic (exact) mass is 435 g/mol. The molecule has 3 aromatic carbocycles. The molecule has 0 radical (unpaired) electrons. The van der Waals surface area contributed by atoms with Gasteiger partial charge in [0.1, 0.15) is 23.0 Å². The molecule has 0 atom stereocenters. The van der Waals surface area contributed by atoms with E-state index in [0.29, 0.717) is 44.1 Å². The topological polar surface area (TPSA) is 60.6 Å². The standard InChI is InChI=1S/C21H13ClF3NO4/c1-28-19-9-15-18(10-16(19)22)26-17-8-13(6-7-14(17)20(15)27)29-11-2-4-12(5-3-11)30-21(23,24)25/h2-10H,1H3,(H,26,27). The summed E-state index contributed by atoms with van der Waals surface area (Å²) >= 11 is 6.15. The second-order valence-corrected chi connectivity index (χ2v) is 6.72. The maximum Gasteiger partial charge on any atom is 0.573 e. The van der Waals surface area contributed by atoms with E-state index in [-0.39, 0.29) is 11.2 Å². The number of hydrogen-bond acceptors (Lipinski definition) is 4. The van der Waals surface area contributed by atoms with Crippen LogP contribution >= 0.6 is 11.6 Å². The molecule has 0 amide bonds. The minimum absolute atomic E-state index is 0.200. The van der Waals surface area contributed by atoms with Crippen LogP contribution in [-0.4, -0.2) is 18.5 Å². The quantitative estimate of drug-likeness (QED) is 0.397. The van der Waals surface area contributed by atoms with Crippen molar-refractivity contribution in [3.05, 3.63) is 69.8 Å². The normalized spacial score (nSPS) is 11.6. The van der Waals surface area contributed by atoms with Gasteiger partial charge in [-0.25, -0.2) is 0 Å². The number of pyridine rings is 1. The molecule has 0 aliphatic carbocycles. The van der Waals surface area contributed by atoms with E-state index < -0.39 is 6.36 Å². The first-order chi connectivity index (χ1) is 14.2. The van der Waals surface area contributed by atoms with Gasteiger partial charge >= 0.3 is 6.36 Å². The van der Waals surface area contributed by atoms with Gasteiger partial charge in [0.2, 0.25) is 0 Å². The summed E-state index contributed by atoms with van der Waals surface area (Å²) in [6, 6.07) is 13.0. The van der Waals surface area contributed by atoms with E-state index in [1.807, 2.05) is 0 Å². The Balaban J connectivity index is 1.68. The van der Waals surface area contributed by atoms with Gasteiger partial charge in [0.25, 0.3) is 0 Å². The summed E-state index contributed by atoms with van der Waals surface area (Å²) in [7, 11) is 1.47. The smallest absolute Gasteiger partial charge is 0.495 e. The van der Waals surface area contributed by atoms with E-state index in [2.05, 4.69) is 9.72 Å². The molecule has 0 spiro atoms. The Labute approximate surface area is 172 Å². The fourth-order valence-corrected chi connectivity index (χ4v) is 3.27. The largest absolute Gasteiger partial charge is 0.573 e. The Morgan fingerprint density at radius 3 is 2.17 bits per heavy atom. The van der Waals surface area contributed by atoms with E-state index in [1.165, 1.54) is 19.2 Å². The molecule has 0 unspecified atom stereocenters. The lowest BCUT2D eigenvalue weighted by Gasteiger charge is -2.11. The van der Waals surface area contributed by atoms with Gasteiger partial charge in [-0.1, -0.05) is 11.6 Å². The minimum atomic E-state index is -4.76. The molecular formula is C21H13ClF3NO4. The van der Waals surface area contributed by atoms with Gasteiger partial charge in [0.05, 0.1) is 23.2 Å². The number of hydrogen-bond donors (Lipinski definition) is 1. The molecule has 4 rings (SSSR count). The minimum Gasteiger partial charge on any atom is -0.495 e. The van der Waals surface area contributed by atoms with Gasteiger partial charge < -0.3 is 19.2 Å². The molecule has 0 saturated heterocycles. The van der Waals surface area contributed by atoms with Crippen molar-refractivity contribution in [2.45, 2.75) is 6.36 Å². The Hall–Kier alpha value is -3.39. The zero-order valence-corrected chi connectivity index (χ0v) is 16.1. The van der Waals surface area contributed by atoms with Crippen molar-refractivity contribution in [1.82, 2.24) is 4.98 Å². The number of nitrogens with one attached hydrogen (secondary N) is 1. The number of aromatic nitrogens is 1.